The van der Waals surface area contributed by atoms with Gasteiger partial charge in [-0.15, -0.1) is 11.3 Å². The lowest BCUT2D eigenvalue weighted by Gasteiger charge is -2.35. The quantitative estimate of drug-likeness (QED) is 0.887. The molecule has 1 aromatic heterocycles. The number of thiazole rings is 1. The molecular weight excluding hydrogens is 336 g/mol. The van der Waals surface area contributed by atoms with Crippen LogP contribution in [0.5, 0.6) is 5.75 Å². The lowest BCUT2D eigenvalue weighted by Crippen LogP contribution is -2.46. The molecule has 0 radical (unpaired) electrons. The van der Waals surface area contributed by atoms with Gasteiger partial charge in [-0.3, -0.25) is 4.79 Å². The van der Waals surface area contributed by atoms with Crippen molar-refractivity contribution in [1.29, 1.82) is 0 Å². The van der Waals surface area contributed by atoms with Crippen LogP contribution in [-0.2, 0) is 16.0 Å². The van der Waals surface area contributed by atoms with Crippen LogP contribution in [0.3, 0.4) is 0 Å². The molecule has 2 heterocycles. The van der Waals surface area contributed by atoms with Crippen LogP contribution in [-0.4, -0.2) is 36.3 Å². The first-order valence-corrected chi connectivity index (χ1v) is 9.35. The Hall–Kier alpha value is -1.92. The number of aromatic nitrogens is 1. The predicted molar refractivity (Wildman–Crippen MR) is 99.0 cm³/mol. The molecule has 6 heteroatoms. The molecule has 1 saturated heterocycles. The van der Waals surface area contributed by atoms with Crippen molar-refractivity contribution in [1.82, 2.24) is 10.3 Å². The van der Waals surface area contributed by atoms with E-state index in [0.717, 1.165) is 34.9 Å². The van der Waals surface area contributed by atoms with Crippen molar-refractivity contribution < 1.29 is 14.3 Å². The Bertz CT molecular complexity index is 742. The summed E-state index contributed by atoms with van der Waals surface area (Å²) in [6.45, 7) is 4.81. The highest BCUT2D eigenvalue weighted by atomic mass is 32.1. The van der Waals surface area contributed by atoms with Gasteiger partial charge < -0.3 is 14.8 Å². The molecule has 1 N–H and O–H groups in total. The van der Waals surface area contributed by atoms with Crippen molar-refractivity contribution in [2.45, 2.75) is 44.8 Å². The van der Waals surface area contributed by atoms with Crippen molar-refractivity contribution in [3.05, 3.63) is 35.3 Å². The molecule has 0 saturated carbocycles. The van der Waals surface area contributed by atoms with E-state index in [1.54, 1.807) is 18.4 Å². The van der Waals surface area contributed by atoms with Crippen LogP contribution in [0, 0.1) is 0 Å². The van der Waals surface area contributed by atoms with Gasteiger partial charge in [0.1, 0.15) is 10.8 Å². The van der Waals surface area contributed by atoms with Crippen molar-refractivity contribution in [2.24, 2.45) is 0 Å². The normalized spacial score (nSPS) is 19.4. The van der Waals surface area contributed by atoms with Crippen molar-refractivity contribution >= 4 is 17.2 Å². The minimum Gasteiger partial charge on any atom is -0.497 e. The highest BCUT2D eigenvalue weighted by Gasteiger charge is 2.29. The Kier molecular flexibility index (Phi) is 5.39. The summed E-state index contributed by atoms with van der Waals surface area (Å²) in [7, 11) is 1.65. The SMILES string of the molecule is COc1cccc(-c2nc(CC(=O)N[C@H]3CCOC(C)(C)C3)cs2)c1. The average molecular weight is 360 g/mol. The summed E-state index contributed by atoms with van der Waals surface area (Å²) >= 11 is 1.54. The van der Waals surface area contributed by atoms with Crippen molar-refractivity contribution in [2.75, 3.05) is 13.7 Å². The van der Waals surface area contributed by atoms with E-state index in [9.17, 15) is 4.79 Å². The van der Waals surface area contributed by atoms with Gasteiger partial charge in [0.05, 0.1) is 24.8 Å². The Labute approximate surface area is 152 Å². The number of carbonyl (C=O) groups excluding carboxylic acids is 1. The summed E-state index contributed by atoms with van der Waals surface area (Å²) in [5, 5.41) is 5.96. The van der Waals surface area contributed by atoms with Crippen molar-refractivity contribution in [3.8, 4) is 16.3 Å². The molecule has 1 aliphatic rings. The molecule has 1 aliphatic heterocycles. The van der Waals surface area contributed by atoms with Crippen molar-refractivity contribution in [3.63, 3.8) is 0 Å². The largest absolute Gasteiger partial charge is 0.497 e. The maximum atomic E-state index is 12.3. The number of carbonyl (C=O) groups is 1. The molecule has 1 atom stereocenters. The fraction of sp³-hybridized carbons (Fsp3) is 0.474. The molecule has 1 fully saturated rings. The molecule has 0 spiro atoms. The molecule has 5 nitrogen and oxygen atoms in total. The van der Waals surface area contributed by atoms with Gasteiger partial charge in [0, 0.05) is 23.6 Å². The maximum absolute atomic E-state index is 12.3. The third-order valence-electron chi connectivity index (χ3n) is 4.27. The molecule has 1 amide bonds. The predicted octanol–water partition coefficient (Wildman–Crippen LogP) is 3.44. The summed E-state index contributed by atoms with van der Waals surface area (Å²) in [5.41, 5.74) is 1.63. The van der Waals surface area contributed by atoms with E-state index in [-0.39, 0.29) is 17.6 Å². The maximum Gasteiger partial charge on any atom is 0.226 e. The fourth-order valence-corrected chi connectivity index (χ4v) is 3.89. The molecule has 2 aromatic rings. The minimum atomic E-state index is -0.170. The molecule has 25 heavy (non-hydrogen) atoms. The van der Waals surface area contributed by atoms with Crippen LogP contribution in [0.15, 0.2) is 29.6 Å². The van der Waals surface area contributed by atoms with Gasteiger partial charge in [-0.25, -0.2) is 4.98 Å². The first-order chi connectivity index (χ1) is 11.9. The molecule has 0 aliphatic carbocycles. The summed E-state index contributed by atoms with van der Waals surface area (Å²) in [6.07, 6.45) is 2.00. The van der Waals surface area contributed by atoms with Crippen LogP contribution in [0.1, 0.15) is 32.4 Å². The Morgan fingerprint density at radius 1 is 1.48 bits per heavy atom. The molecule has 3 rings (SSSR count). The number of rotatable bonds is 5. The van der Waals surface area contributed by atoms with Gasteiger partial charge in [0.15, 0.2) is 0 Å². The topological polar surface area (TPSA) is 60.5 Å². The lowest BCUT2D eigenvalue weighted by atomic mass is 9.94. The third-order valence-corrected chi connectivity index (χ3v) is 5.21. The zero-order valence-electron chi connectivity index (χ0n) is 14.9. The van der Waals surface area contributed by atoms with Gasteiger partial charge in [-0.2, -0.15) is 0 Å². The standard InChI is InChI=1S/C19H24N2O3S/c1-19(2)11-14(7-8-24-19)20-17(22)10-15-12-25-18(21-15)13-5-4-6-16(9-13)23-3/h4-6,9,12,14H,7-8,10-11H2,1-3H3,(H,20,22)/t14-/m0/s1. The number of hydrogen-bond acceptors (Lipinski definition) is 5. The number of nitrogens with zero attached hydrogens (tertiary/aromatic N) is 1. The summed E-state index contributed by atoms with van der Waals surface area (Å²) in [4.78, 5) is 16.9. The zero-order valence-corrected chi connectivity index (χ0v) is 15.7. The molecule has 0 bridgehead atoms. The molecular formula is C19H24N2O3S. The van der Waals surface area contributed by atoms with Gasteiger partial charge in [0.2, 0.25) is 5.91 Å². The summed E-state index contributed by atoms with van der Waals surface area (Å²) < 4.78 is 10.9. The Morgan fingerprint density at radius 3 is 3.08 bits per heavy atom. The third kappa shape index (κ3) is 4.80. The summed E-state index contributed by atoms with van der Waals surface area (Å²) in [6, 6.07) is 7.96. The Balaban J connectivity index is 1.60. The number of methoxy groups -OCH3 is 1. The first-order valence-electron chi connectivity index (χ1n) is 8.47. The highest BCUT2D eigenvalue weighted by Crippen LogP contribution is 2.27. The fourth-order valence-electron chi connectivity index (χ4n) is 3.08. The van der Waals surface area contributed by atoms with Crippen LogP contribution >= 0.6 is 11.3 Å². The summed E-state index contributed by atoms with van der Waals surface area (Å²) in [5.74, 6) is 0.819. The van der Waals surface area contributed by atoms with Crippen LogP contribution in [0.4, 0.5) is 0 Å². The average Bonchev–Trinajstić information content (AvgIpc) is 3.02. The van der Waals surface area contributed by atoms with Gasteiger partial charge in [-0.05, 0) is 38.8 Å². The second kappa shape index (κ2) is 7.54. The number of ether oxygens (including phenoxy) is 2. The van der Waals surface area contributed by atoms with E-state index in [2.05, 4.69) is 24.1 Å². The van der Waals surface area contributed by atoms with Crippen LogP contribution < -0.4 is 10.1 Å². The number of benzene rings is 1. The molecule has 0 unspecified atom stereocenters. The van der Waals surface area contributed by atoms with E-state index < -0.39 is 0 Å². The van der Waals surface area contributed by atoms with E-state index in [4.69, 9.17) is 9.47 Å². The number of hydrogen-bond donors (Lipinski definition) is 1. The van der Waals surface area contributed by atoms with Crippen LogP contribution in [0.25, 0.3) is 10.6 Å². The van der Waals surface area contributed by atoms with Gasteiger partial charge in [0.25, 0.3) is 0 Å². The van der Waals surface area contributed by atoms with Gasteiger partial charge in [-0.1, -0.05) is 12.1 Å². The minimum absolute atomic E-state index is 0.0187. The van der Waals surface area contributed by atoms with Gasteiger partial charge >= 0.3 is 0 Å². The molecule has 1 aromatic carbocycles. The second-order valence-corrected chi connectivity index (χ2v) is 7.78. The van der Waals surface area contributed by atoms with E-state index in [0.29, 0.717) is 13.0 Å². The molecule has 134 valence electrons. The van der Waals surface area contributed by atoms with E-state index in [1.807, 2.05) is 29.6 Å². The van der Waals surface area contributed by atoms with E-state index in [1.165, 1.54) is 0 Å². The van der Waals surface area contributed by atoms with E-state index >= 15 is 0 Å². The number of nitrogens with one attached hydrogen (secondary N) is 1. The van der Waals surface area contributed by atoms with Crippen LogP contribution in [0.2, 0.25) is 0 Å². The zero-order chi connectivity index (χ0) is 17.9. The Morgan fingerprint density at radius 2 is 2.32 bits per heavy atom. The second-order valence-electron chi connectivity index (χ2n) is 6.92. The highest BCUT2D eigenvalue weighted by molar-refractivity contribution is 7.13. The number of amides is 1. The monoisotopic (exact) mass is 360 g/mol. The lowest BCUT2D eigenvalue weighted by molar-refractivity contribution is -0.123. The first kappa shape index (κ1) is 17.9. The smallest absolute Gasteiger partial charge is 0.226 e.